The summed E-state index contributed by atoms with van der Waals surface area (Å²) in [5, 5.41) is 0. The Kier molecular flexibility index (Phi) is 5.73. The topological polar surface area (TPSA) is 82.8 Å². The predicted molar refractivity (Wildman–Crippen MR) is 98.9 cm³/mol. The van der Waals surface area contributed by atoms with Crippen molar-refractivity contribution in [1.82, 2.24) is 0 Å². The van der Waals surface area contributed by atoms with Crippen LogP contribution in [0.3, 0.4) is 0 Å². The third-order valence-corrected chi connectivity index (χ3v) is 5.03. The molecule has 3 rings (SSSR count). The zero-order valence-electron chi connectivity index (χ0n) is 14.6. The Labute approximate surface area is 157 Å². The molecule has 0 spiro atoms. The fourth-order valence-electron chi connectivity index (χ4n) is 2.26. The van der Waals surface area contributed by atoms with Gasteiger partial charge in [-0.05, 0) is 24.6 Å². The van der Waals surface area contributed by atoms with Gasteiger partial charge >= 0.3 is 0 Å². The van der Waals surface area contributed by atoms with Crippen LogP contribution < -0.4 is 10.2 Å². The van der Waals surface area contributed by atoms with Crippen LogP contribution in [0.25, 0.3) is 0 Å². The highest BCUT2D eigenvalue weighted by molar-refractivity contribution is 7.86. The molecule has 2 aromatic carbocycles. The lowest BCUT2D eigenvalue weighted by Gasteiger charge is -2.07. The minimum absolute atomic E-state index is 0.0401. The van der Waals surface area contributed by atoms with Crippen LogP contribution in [-0.2, 0) is 27.5 Å². The first-order chi connectivity index (χ1) is 12.9. The molecule has 0 saturated carbocycles. The Hall–Kier alpha value is -2.90. The van der Waals surface area contributed by atoms with Crippen LogP contribution in [0.15, 0.2) is 81.0 Å². The molecular formula is C20H18O6S. The van der Waals surface area contributed by atoms with E-state index in [1.165, 1.54) is 12.1 Å². The first kappa shape index (κ1) is 18.9. The zero-order chi connectivity index (χ0) is 19.3. The van der Waals surface area contributed by atoms with E-state index in [0.717, 1.165) is 23.5 Å². The molecule has 1 aromatic heterocycles. The van der Waals surface area contributed by atoms with E-state index in [4.69, 9.17) is 13.3 Å². The van der Waals surface area contributed by atoms with E-state index in [1.54, 1.807) is 12.1 Å². The second-order valence-electron chi connectivity index (χ2n) is 5.88. The molecule has 0 amide bonds. The van der Waals surface area contributed by atoms with Crippen LogP contribution in [0.1, 0.15) is 16.9 Å². The molecule has 1 heterocycles. The van der Waals surface area contributed by atoms with E-state index in [1.807, 2.05) is 37.3 Å². The van der Waals surface area contributed by atoms with Gasteiger partial charge in [-0.3, -0.25) is 8.98 Å². The van der Waals surface area contributed by atoms with Gasteiger partial charge in [-0.2, -0.15) is 8.42 Å². The Morgan fingerprint density at radius 1 is 0.963 bits per heavy atom. The van der Waals surface area contributed by atoms with Crippen molar-refractivity contribution in [2.75, 3.05) is 0 Å². The van der Waals surface area contributed by atoms with Crippen LogP contribution in [0.4, 0.5) is 0 Å². The average molecular weight is 386 g/mol. The minimum atomic E-state index is -3.94. The molecule has 0 radical (unpaired) electrons. The van der Waals surface area contributed by atoms with E-state index >= 15 is 0 Å². The first-order valence-electron chi connectivity index (χ1n) is 8.18. The Morgan fingerprint density at radius 3 is 2.33 bits per heavy atom. The molecule has 6 nitrogen and oxygen atoms in total. The maximum absolute atomic E-state index is 12.2. The van der Waals surface area contributed by atoms with Gasteiger partial charge in [-0.25, -0.2) is 0 Å². The average Bonchev–Trinajstić information content (AvgIpc) is 2.67. The Bertz CT molecular complexity index is 1050. The van der Waals surface area contributed by atoms with Crippen LogP contribution in [0, 0.1) is 6.92 Å². The molecule has 0 saturated heterocycles. The molecule has 7 heteroatoms. The molecule has 140 valence electrons. The third kappa shape index (κ3) is 5.06. The number of hydrogen-bond donors (Lipinski definition) is 0. The molecule has 0 N–H and O–H groups in total. The molecule has 0 bridgehead atoms. The lowest BCUT2D eigenvalue weighted by Crippen LogP contribution is -2.10. The van der Waals surface area contributed by atoms with Gasteiger partial charge < -0.3 is 9.15 Å². The normalized spacial score (nSPS) is 11.3. The molecule has 3 aromatic rings. The standard InChI is InChI=1S/C20H18O6S/c1-15-7-9-18(10-8-15)27(22,23)26-13-17-11-19(21)20(14-24-17)25-12-16-5-3-2-4-6-16/h2-11,14H,12-13H2,1H3. The molecule has 0 aliphatic carbocycles. The molecule has 0 aliphatic heterocycles. The summed E-state index contributed by atoms with van der Waals surface area (Å²) in [6.45, 7) is 1.70. The smallest absolute Gasteiger partial charge is 0.297 e. The molecule has 0 fully saturated rings. The summed E-state index contributed by atoms with van der Waals surface area (Å²) < 4.78 is 40.0. The van der Waals surface area contributed by atoms with Crippen LogP contribution in [0.2, 0.25) is 0 Å². The summed E-state index contributed by atoms with van der Waals surface area (Å²) in [7, 11) is -3.94. The zero-order valence-corrected chi connectivity index (χ0v) is 15.4. The lowest BCUT2D eigenvalue weighted by molar-refractivity contribution is 0.257. The molecular weight excluding hydrogens is 368 g/mol. The van der Waals surface area contributed by atoms with Gasteiger partial charge in [0.15, 0.2) is 0 Å². The van der Waals surface area contributed by atoms with Gasteiger partial charge in [0.25, 0.3) is 10.1 Å². The summed E-state index contributed by atoms with van der Waals surface area (Å²) >= 11 is 0. The fraction of sp³-hybridized carbons (Fsp3) is 0.150. The van der Waals surface area contributed by atoms with Crippen molar-refractivity contribution in [3.8, 4) is 5.75 Å². The van der Waals surface area contributed by atoms with Crippen molar-refractivity contribution >= 4 is 10.1 Å². The summed E-state index contributed by atoms with van der Waals surface area (Å²) in [5.74, 6) is 0.131. The fourth-order valence-corrected chi connectivity index (χ4v) is 3.14. The van der Waals surface area contributed by atoms with Gasteiger partial charge in [0.2, 0.25) is 11.2 Å². The number of aryl methyl sites for hydroxylation is 1. The highest BCUT2D eigenvalue weighted by Crippen LogP contribution is 2.16. The molecule has 0 atom stereocenters. The van der Waals surface area contributed by atoms with Crippen molar-refractivity contribution in [2.24, 2.45) is 0 Å². The van der Waals surface area contributed by atoms with Gasteiger partial charge in [0.1, 0.15) is 25.2 Å². The quantitative estimate of drug-likeness (QED) is 0.579. The largest absolute Gasteiger partial charge is 0.482 e. The van der Waals surface area contributed by atoms with Crippen LogP contribution in [-0.4, -0.2) is 8.42 Å². The third-order valence-electron chi connectivity index (χ3n) is 3.76. The van der Waals surface area contributed by atoms with E-state index in [-0.39, 0.29) is 29.6 Å². The summed E-state index contributed by atoms with van der Waals surface area (Å²) in [5.41, 5.74) is 1.43. The van der Waals surface area contributed by atoms with E-state index < -0.39 is 15.5 Å². The van der Waals surface area contributed by atoms with Gasteiger partial charge in [-0.1, -0.05) is 48.0 Å². The second-order valence-corrected chi connectivity index (χ2v) is 7.49. The predicted octanol–water partition coefficient (Wildman–Crippen LogP) is 3.43. The number of rotatable bonds is 7. The van der Waals surface area contributed by atoms with Crippen molar-refractivity contribution in [3.05, 3.63) is 94.0 Å². The monoisotopic (exact) mass is 386 g/mol. The van der Waals surface area contributed by atoms with Gasteiger partial charge in [0, 0.05) is 6.07 Å². The molecule has 0 unspecified atom stereocenters. The lowest BCUT2D eigenvalue weighted by atomic mass is 10.2. The highest BCUT2D eigenvalue weighted by Gasteiger charge is 2.16. The number of ether oxygens (including phenoxy) is 1. The van der Waals surface area contributed by atoms with Crippen molar-refractivity contribution in [2.45, 2.75) is 25.0 Å². The van der Waals surface area contributed by atoms with Crippen LogP contribution >= 0.6 is 0 Å². The van der Waals surface area contributed by atoms with E-state index in [0.29, 0.717) is 0 Å². The maximum atomic E-state index is 12.2. The Balaban J connectivity index is 1.63. The Morgan fingerprint density at radius 2 is 1.67 bits per heavy atom. The van der Waals surface area contributed by atoms with Gasteiger partial charge in [0.05, 0.1) is 4.90 Å². The van der Waals surface area contributed by atoms with Crippen molar-refractivity contribution < 1.29 is 21.8 Å². The summed E-state index contributed by atoms with van der Waals surface area (Å²) in [4.78, 5) is 12.1. The maximum Gasteiger partial charge on any atom is 0.297 e. The summed E-state index contributed by atoms with van der Waals surface area (Å²) in [6, 6.07) is 16.8. The van der Waals surface area contributed by atoms with Crippen molar-refractivity contribution in [1.29, 1.82) is 0 Å². The number of hydrogen-bond acceptors (Lipinski definition) is 6. The van der Waals surface area contributed by atoms with Gasteiger partial charge in [-0.15, -0.1) is 0 Å². The highest BCUT2D eigenvalue weighted by atomic mass is 32.2. The molecule has 27 heavy (non-hydrogen) atoms. The minimum Gasteiger partial charge on any atom is -0.482 e. The SMILES string of the molecule is Cc1ccc(S(=O)(=O)OCc2cc(=O)c(OCc3ccccc3)co2)cc1. The second kappa shape index (κ2) is 8.20. The van der Waals surface area contributed by atoms with E-state index in [2.05, 4.69) is 0 Å². The van der Waals surface area contributed by atoms with Crippen molar-refractivity contribution in [3.63, 3.8) is 0 Å². The first-order valence-corrected chi connectivity index (χ1v) is 9.59. The van der Waals surface area contributed by atoms with Crippen LogP contribution in [0.5, 0.6) is 5.75 Å². The summed E-state index contributed by atoms with van der Waals surface area (Å²) in [6.07, 6.45) is 1.16. The van der Waals surface area contributed by atoms with E-state index in [9.17, 15) is 13.2 Å². The molecule has 0 aliphatic rings. The number of benzene rings is 2.